The zero-order chi connectivity index (χ0) is 12.0. The summed E-state index contributed by atoms with van der Waals surface area (Å²) in [7, 11) is 0. The Morgan fingerprint density at radius 1 is 1.50 bits per heavy atom. The Labute approximate surface area is 108 Å². The number of aromatic nitrogens is 1. The second kappa shape index (κ2) is 7.25. The van der Waals surface area contributed by atoms with Gasteiger partial charge in [0.1, 0.15) is 5.01 Å². The highest BCUT2D eigenvalue weighted by atomic mass is 35.5. The van der Waals surface area contributed by atoms with Crippen LogP contribution in [0.2, 0.25) is 0 Å². The number of nitrogens with zero attached hydrogens (tertiary/aromatic N) is 2. The Balaban J connectivity index is 2.62. The highest BCUT2D eigenvalue weighted by Crippen LogP contribution is 2.24. The van der Waals surface area contributed by atoms with E-state index in [1.807, 2.05) is 0 Å². The fraction of sp³-hybridized carbons (Fsp3) is 0.750. The van der Waals surface area contributed by atoms with Crippen LogP contribution >= 0.6 is 22.9 Å². The molecule has 1 aromatic rings. The van der Waals surface area contributed by atoms with Gasteiger partial charge in [0.05, 0.1) is 17.6 Å². The lowest BCUT2D eigenvalue weighted by molar-refractivity contribution is 0.218. The zero-order valence-electron chi connectivity index (χ0n) is 10.4. The Morgan fingerprint density at radius 2 is 2.25 bits per heavy atom. The van der Waals surface area contributed by atoms with Crippen molar-refractivity contribution in [1.29, 1.82) is 0 Å². The topological polar surface area (TPSA) is 16.1 Å². The van der Waals surface area contributed by atoms with E-state index in [0.29, 0.717) is 11.9 Å². The van der Waals surface area contributed by atoms with Crippen LogP contribution in [0, 0.1) is 0 Å². The molecule has 1 atom stereocenters. The van der Waals surface area contributed by atoms with Gasteiger partial charge in [0.15, 0.2) is 0 Å². The molecule has 0 saturated heterocycles. The van der Waals surface area contributed by atoms with E-state index >= 15 is 0 Å². The van der Waals surface area contributed by atoms with Gasteiger partial charge in [-0.1, -0.05) is 20.3 Å². The molecule has 1 aromatic heterocycles. The van der Waals surface area contributed by atoms with Crippen LogP contribution in [0.15, 0.2) is 5.38 Å². The van der Waals surface area contributed by atoms with Crippen LogP contribution in [0.5, 0.6) is 0 Å². The van der Waals surface area contributed by atoms with E-state index in [0.717, 1.165) is 18.8 Å². The molecule has 0 radical (unpaired) electrons. The van der Waals surface area contributed by atoms with Crippen molar-refractivity contribution in [3.63, 3.8) is 0 Å². The van der Waals surface area contributed by atoms with Gasteiger partial charge in [-0.15, -0.1) is 22.9 Å². The van der Waals surface area contributed by atoms with Gasteiger partial charge in [-0.05, 0) is 26.4 Å². The summed E-state index contributed by atoms with van der Waals surface area (Å²) < 4.78 is 0. The molecule has 0 spiro atoms. The molecule has 0 aliphatic rings. The predicted molar refractivity (Wildman–Crippen MR) is 72.2 cm³/mol. The Hall–Kier alpha value is -0.120. The molecular formula is C12H21ClN2S. The average molecular weight is 261 g/mol. The molecule has 0 aliphatic heterocycles. The van der Waals surface area contributed by atoms with Crippen LogP contribution in [0.1, 0.15) is 50.4 Å². The molecule has 0 fully saturated rings. The van der Waals surface area contributed by atoms with Gasteiger partial charge in [0.25, 0.3) is 0 Å². The predicted octanol–water partition coefficient (Wildman–Crippen LogP) is 4.06. The van der Waals surface area contributed by atoms with Gasteiger partial charge in [0, 0.05) is 5.38 Å². The van der Waals surface area contributed by atoms with E-state index in [2.05, 4.69) is 36.0 Å². The highest BCUT2D eigenvalue weighted by Gasteiger charge is 2.16. The summed E-state index contributed by atoms with van der Waals surface area (Å²) >= 11 is 7.49. The quantitative estimate of drug-likeness (QED) is 0.687. The van der Waals surface area contributed by atoms with E-state index in [4.69, 9.17) is 11.6 Å². The minimum atomic E-state index is 0.415. The minimum Gasteiger partial charge on any atom is -0.295 e. The lowest BCUT2D eigenvalue weighted by Crippen LogP contribution is -2.27. The maximum atomic E-state index is 5.77. The van der Waals surface area contributed by atoms with Gasteiger partial charge in [-0.25, -0.2) is 4.98 Å². The van der Waals surface area contributed by atoms with Gasteiger partial charge in [-0.3, -0.25) is 4.90 Å². The van der Waals surface area contributed by atoms with E-state index in [1.54, 1.807) is 11.3 Å². The van der Waals surface area contributed by atoms with Crippen molar-refractivity contribution in [3.05, 3.63) is 16.1 Å². The first-order valence-corrected chi connectivity index (χ1v) is 7.38. The Bertz CT molecular complexity index is 301. The molecule has 1 rings (SSSR count). The van der Waals surface area contributed by atoms with Gasteiger partial charge in [0.2, 0.25) is 0 Å². The number of rotatable bonds is 7. The smallest absolute Gasteiger partial charge is 0.110 e. The van der Waals surface area contributed by atoms with Crippen LogP contribution in [-0.2, 0) is 5.88 Å². The lowest BCUT2D eigenvalue weighted by Gasteiger charge is -2.26. The van der Waals surface area contributed by atoms with Crippen LogP contribution in [0.3, 0.4) is 0 Å². The molecule has 2 nitrogen and oxygen atoms in total. The maximum absolute atomic E-state index is 5.77. The summed E-state index contributed by atoms with van der Waals surface area (Å²) in [6.45, 7) is 8.91. The molecule has 0 aromatic carbocycles. The summed E-state index contributed by atoms with van der Waals surface area (Å²) in [5, 5.41) is 3.25. The Kier molecular flexibility index (Phi) is 6.32. The molecule has 4 heteroatoms. The van der Waals surface area contributed by atoms with Crippen molar-refractivity contribution >= 4 is 22.9 Å². The molecule has 0 N–H and O–H groups in total. The number of hydrogen-bond donors (Lipinski definition) is 0. The van der Waals surface area contributed by atoms with Crippen LogP contribution in [0.25, 0.3) is 0 Å². The Morgan fingerprint density at radius 3 is 2.75 bits per heavy atom. The molecule has 1 unspecified atom stereocenters. The number of hydrogen-bond acceptors (Lipinski definition) is 3. The zero-order valence-corrected chi connectivity index (χ0v) is 11.9. The van der Waals surface area contributed by atoms with Crippen molar-refractivity contribution in [2.45, 2.75) is 45.5 Å². The average Bonchev–Trinajstić information content (AvgIpc) is 2.78. The van der Waals surface area contributed by atoms with Crippen molar-refractivity contribution in [2.75, 3.05) is 13.1 Å². The number of alkyl halides is 1. The van der Waals surface area contributed by atoms with Crippen molar-refractivity contribution in [3.8, 4) is 0 Å². The second-order valence-corrected chi connectivity index (χ2v) is 5.13. The van der Waals surface area contributed by atoms with E-state index in [1.165, 1.54) is 17.8 Å². The molecule has 92 valence electrons. The standard InChI is InChI=1S/C12H21ClN2S/c1-4-6-7-15(5-2)10(3)12-14-11(8-13)9-16-12/h9-10H,4-8H2,1-3H3. The van der Waals surface area contributed by atoms with Crippen molar-refractivity contribution in [1.82, 2.24) is 9.88 Å². The largest absolute Gasteiger partial charge is 0.295 e. The normalized spacial score (nSPS) is 13.3. The van der Waals surface area contributed by atoms with Gasteiger partial charge < -0.3 is 0 Å². The molecule has 0 saturated carbocycles. The van der Waals surface area contributed by atoms with E-state index in [9.17, 15) is 0 Å². The van der Waals surface area contributed by atoms with E-state index in [-0.39, 0.29) is 0 Å². The first-order valence-electron chi connectivity index (χ1n) is 5.97. The summed E-state index contributed by atoms with van der Waals surface area (Å²) in [4.78, 5) is 7.02. The SMILES string of the molecule is CCCCN(CC)C(C)c1nc(CCl)cs1. The summed E-state index contributed by atoms with van der Waals surface area (Å²) in [6, 6.07) is 0.415. The summed E-state index contributed by atoms with van der Waals surface area (Å²) in [6.07, 6.45) is 2.50. The van der Waals surface area contributed by atoms with Crippen LogP contribution in [-0.4, -0.2) is 23.0 Å². The molecule has 0 amide bonds. The fourth-order valence-corrected chi connectivity index (χ4v) is 2.86. The van der Waals surface area contributed by atoms with Gasteiger partial charge >= 0.3 is 0 Å². The fourth-order valence-electron chi connectivity index (χ4n) is 1.72. The van der Waals surface area contributed by atoms with E-state index < -0.39 is 0 Å². The number of halogens is 1. The number of unbranched alkanes of at least 4 members (excludes halogenated alkanes) is 1. The highest BCUT2D eigenvalue weighted by molar-refractivity contribution is 7.09. The monoisotopic (exact) mass is 260 g/mol. The molecule has 0 aliphatic carbocycles. The van der Waals surface area contributed by atoms with Crippen LogP contribution in [0.4, 0.5) is 0 Å². The third kappa shape index (κ3) is 3.72. The minimum absolute atomic E-state index is 0.415. The van der Waals surface area contributed by atoms with Crippen molar-refractivity contribution < 1.29 is 0 Å². The van der Waals surface area contributed by atoms with Gasteiger partial charge in [-0.2, -0.15) is 0 Å². The molecule has 16 heavy (non-hydrogen) atoms. The first-order chi connectivity index (χ1) is 7.72. The van der Waals surface area contributed by atoms with Crippen molar-refractivity contribution in [2.24, 2.45) is 0 Å². The first kappa shape index (κ1) is 13.9. The lowest BCUT2D eigenvalue weighted by atomic mass is 10.2. The molecule has 1 heterocycles. The molecule has 0 bridgehead atoms. The number of thiazole rings is 1. The second-order valence-electron chi connectivity index (χ2n) is 3.97. The third-order valence-corrected chi connectivity index (χ3v) is 4.15. The molecular weight excluding hydrogens is 240 g/mol. The summed E-state index contributed by atoms with van der Waals surface area (Å²) in [5.74, 6) is 0.518. The summed E-state index contributed by atoms with van der Waals surface area (Å²) in [5.41, 5.74) is 1.00. The van der Waals surface area contributed by atoms with Crippen LogP contribution < -0.4 is 0 Å². The third-order valence-electron chi connectivity index (χ3n) is 2.82. The maximum Gasteiger partial charge on any atom is 0.110 e.